The van der Waals surface area contributed by atoms with Crippen LogP contribution in [0.2, 0.25) is 0 Å². The highest BCUT2D eigenvalue weighted by atomic mass is 15.3. The molecule has 1 aliphatic carbocycles. The summed E-state index contributed by atoms with van der Waals surface area (Å²) >= 11 is 0. The Bertz CT molecular complexity index is 251. The Balaban J connectivity index is 2.25. The Morgan fingerprint density at radius 2 is 2.67 bits per heavy atom. The lowest BCUT2D eigenvalue weighted by Crippen LogP contribution is -1.97. The normalized spacial score (nSPS) is 36.0. The van der Waals surface area contributed by atoms with Crippen molar-refractivity contribution in [2.24, 2.45) is 5.92 Å². The van der Waals surface area contributed by atoms with Crippen LogP contribution >= 0.6 is 0 Å². The van der Waals surface area contributed by atoms with E-state index >= 15 is 0 Å². The fourth-order valence-electron chi connectivity index (χ4n) is 1.84. The van der Waals surface area contributed by atoms with Crippen molar-refractivity contribution in [1.29, 1.82) is 0 Å². The van der Waals surface area contributed by atoms with Crippen LogP contribution in [0.5, 0.6) is 0 Å². The van der Waals surface area contributed by atoms with Crippen LogP contribution < -0.4 is 0 Å². The van der Waals surface area contributed by atoms with Crippen molar-refractivity contribution in [3.05, 3.63) is 18.0 Å². The minimum Gasteiger partial charge on any atom is -0.269 e. The van der Waals surface area contributed by atoms with Crippen molar-refractivity contribution < 1.29 is 0 Å². The molecule has 1 aromatic heterocycles. The van der Waals surface area contributed by atoms with E-state index in [4.69, 9.17) is 0 Å². The minimum absolute atomic E-state index is 0.896. The van der Waals surface area contributed by atoms with Gasteiger partial charge >= 0.3 is 0 Å². The summed E-state index contributed by atoms with van der Waals surface area (Å²) in [5.74, 6) is 1.86. The van der Waals surface area contributed by atoms with Crippen molar-refractivity contribution in [2.75, 3.05) is 0 Å². The highest BCUT2D eigenvalue weighted by Gasteiger charge is 2.45. The van der Waals surface area contributed by atoms with Crippen molar-refractivity contribution >= 4 is 0 Å². The molecule has 2 nitrogen and oxygen atoms in total. The van der Waals surface area contributed by atoms with Crippen LogP contribution in [-0.4, -0.2) is 9.78 Å². The first-order valence-electron chi connectivity index (χ1n) is 3.47. The van der Waals surface area contributed by atoms with Crippen LogP contribution in [0, 0.1) is 5.92 Å². The summed E-state index contributed by atoms with van der Waals surface area (Å²) in [4.78, 5) is 0. The Labute approximate surface area is 53.5 Å². The SMILES string of the molecule is c1cc2n(n1)CC1CC21. The molecule has 0 bridgehead atoms. The number of fused-ring (bicyclic) bond motifs is 3. The maximum atomic E-state index is 4.19. The minimum atomic E-state index is 0.896. The van der Waals surface area contributed by atoms with Gasteiger partial charge in [-0.3, -0.25) is 4.68 Å². The fourth-order valence-corrected chi connectivity index (χ4v) is 1.84. The Morgan fingerprint density at radius 3 is 3.56 bits per heavy atom. The van der Waals surface area contributed by atoms with Gasteiger partial charge in [0.1, 0.15) is 0 Å². The zero-order chi connectivity index (χ0) is 5.84. The van der Waals surface area contributed by atoms with Gasteiger partial charge in [0.2, 0.25) is 0 Å². The van der Waals surface area contributed by atoms with Crippen molar-refractivity contribution in [3.8, 4) is 0 Å². The predicted molar refractivity (Wildman–Crippen MR) is 33.1 cm³/mol. The summed E-state index contributed by atoms with van der Waals surface area (Å²) in [5, 5.41) is 4.19. The average molecular weight is 120 g/mol. The molecule has 2 heterocycles. The second-order valence-corrected chi connectivity index (χ2v) is 3.04. The summed E-state index contributed by atoms with van der Waals surface area (Å²) in [6.07, 6.45) is 3.33. The second kappa shape index (κ2) is 1.06. The van der Waals surface area contributed by atoms with Gasteiger partial charge in [-0.1, -0.05) is 0 Å². The Morgan fingerprint density at radius 1 is 1.67 bits per heavy atom. The van der Waals surface area contributed by atoms with Crippen LogP contribution in [0.25, 0.3) is 0 Å². The maximum absolute atomic E-state index is 4.19. The molecule has 2 aliphatic rings. The van der Waals surface area contributed by atoms with E-state index in [1.807, 2.05) is 6.20 Å². The standard InChI is InChI=1S/C7H8N2/c1-2-8-9-4-5-3-6(5)7(1)9/h1-2,5-6H,3-4H2. The molecule has 0 radical (unpaired) electrons. The van der Waals surface area contributed by atoms with Gasteiger partial charge in [-0.15, -0.1) is 0 Å². The second-order valence-electron chi connectivity index (χ2n) is 3.04. The molecule has 0 aromatic carbocycles. The van der Waals surface area contributed by atoms with E-state index in [-0.39, 0.29) is 0 Å². The first-order chi connectivity index (χ1) is 4.45. The van der Waals surface area contributed by atoms with Gasteiger partial charge < -0.3 is 0 Å². The van der Waals surface area contributed by atoms with Gasteiger partial charge in [-0.05, 0) is 18.4 Å². The smallest absolute Gasteiger partial charge is 0.0492 e. The lowest BCUT2D eigenvalue weighted by Gasteiger charge is -1.94. The molecule has 1 saturated carbocycles. The molecular weight excluding hydrogens is 112 g/mol. The van der Waals surface area contributed by atoms with E-state index in [9.17, 15) is 0 Å². The fraction of sp³-hybridized carbons (Fsp3) is 0.571. The van der Waals surface area contributed by atoms with Gasteiger partial charge in [0, 0.05) is 24.4 Å². The zero-order valence-electron chi connectivity index (χ0n) is 5.12. The first-order valence-corrected chi connectivity index (χ1v) is 3.47. The van der Waals surface area contributed by atoms with Crippen LogP contribution in [0.4, 0.5) is 0 Å². The van der Waals surface area contributed by atoms with E-state index in [1.165, 1.54) is 18.7 Å². The van der Waals surface area contributed by atoms with Crippen LogP contribution in [-0.2, 0) is 6.54 Å². The number of nitrogens with zero attached hydrogens (tertiary/aromatic N) is 2. The molecule has 2 heteroatoms. The van der Waals surface area contributed by atoms with Crippen LogP contribution in [0.3, 0.4) is 0 Å². The van der Waals surface area contributed by atoms with E-state index in [0.29, 0.717) is 0 Å². The van der Waals surface area contributed by atoms with Crippen LogP contribution in [0.1, 0.15) is 18.0 Å². The van der Waals surface area contributed by atoms with Crippen molar-refractivity contribution in [1.82, 2.24) is 9.78 Å². The van der Waals surface area contributed by atoms with E-state index < -0.39 is 0 Å². The molecule has 9 heavy (non-hydrogen) atoms. The Kier molecular flexibility index (Phi) is 0.481. The Hall–Kier alpha value is -0.790. The lowest BCUT2D eigenvalue weighted by molar-refractivity contribution is 0.597. The molecule has 3 rings (SSSR count). The molecule has 2 atom stereocenters. The van der Waals surface area contributed by atoms with E-state index in [2.05, 4.69) is 15.8 Å². The van der Waals surface area contributed by atoms with Gasteiger partial charge in [0.05, 0.1) is 0 Å². The van der Waals surface area contributed by atoms with Crippen molar-refractivity contribution in [3.63, 3.8) is 0 Å². The monoisotopic (exact) mass is 120 g/mol. The van der Waals surface area contributed by atoms with E-state index in [0.717, 1.165) is 11.8 Å². The number of hydrogen-bond donors (Lipinski definition) is 0. The van der Waals surface area contributed by atoms with Crippen molar-refractivity contribution in [2.45, 2.75) is 18.9 Å². The van der Waals surface area contributed by atoms with Gasteiger partial charge in [-0.25, -0.2) is 0 Å². The van der Waals surface area contributed by atoms with Gasteiger partial charge in [0.15, 0.2) is 0 Å². The molecule has 0 N–H and O–H groups in total. The molecule has 1 aliphatic heterocycles. The summed E-state index contributed by atoms with van der Waals surface area (Å²) < 4.78 is 2.14. The highest BCUT2D eigenvalue weighted by Crippen LogP contribution is 2.52. The third kappa shape index (κ3) is 0.363. The third-order valence-corrected chi connectivity index (χ3v) is 2.46. The molecule has 1 aromatic rings. The largest absolute Gasteiger partial charge is 0.269 e. The van der Waals surface area contributed by atoms with E-state index in [1.54, 1.807) is 0 Å². The molecular formula is C7H8N2. The molecule has 1 fully saturated rings. The summed E-state index contributed by atoms with van der Waals surface area (Å²) in [7, 11) is 0. The highest BCUT2D eigenvalue weighted by molar-refractivity contribution is 5.21. The number of aromatic nitrogens is 2. The maximum Gasteiger partial charge on any atom is 0.0492 e. The summed E-state index contributed by atoms with van der Waals surface area (Å²) in [5.41, 5.74) is 1.47. The predicted octanol–water partition coefficient (Wildman–Crippen LogP) is 1.00. The topological polar surface area (TPSA) is 17.8 Å². The molecule has 0 spiro atoms. The zero-order valence-corrected chi connectivity index (χ0v) is 5.12. The molecule has 46 valence electrons. The molecule has 0 amide bonds. The lowest BCUT2D eigenvalue weighted by atomic mass is 10.3. The van der Waals surface area contributed by atoms with Crippen LogP contribution in [0.15, 0.2) is 12.3 Å². The quantitative estimate of drug-likeness (QED) is 0.499. The molecule has 2 unspecified atom stereocenters. The average Bonchev–Trinajstić information content (AvgIpc) is 2.38. The third-order valence-electron chi connectivity index (χ3n) is 2.46. The molecule has 0 saturated heterocycles. The first kappa shape index (κ1) is 4.09. The van der Waals surface area contributed by atoms with Gasteiger partial charge in [-0.2, -0.15) is 5.10 Å². The number of hydrogen-bond acceptors (Lipinski definition) is 1. The van der Waals surface area contributed by atoms with Gasteiger partial charge in [0.25, 0.3) is 0 Å². The number of rotatable bonds is 0. The summed E-state index contributed by atoms with van der Waals surface area (Å²) in [6.45, 7) is 1.19. The summed E-state index contributed by atoms with van der Waals surface area (Å²) in [6, 6.07) is 2.15.